The van der Waals surface area contributed by atoms with E-state index < -0.39 is 11.6 Å². The van der Waals surface area contributed by atoms with Gasteiger partial charge in [-0.3, -0.25) is 0 Å². The third-order valence-electron chi connectivity index (χ3n) is 4.67. The molecule has 0 radical (unpaired) electrons. The first kappa shape index (κ1) is 20.2. The highest BCUT2D eigenvalue weighted by molar-refractivity contribution is 5.85. The second kappa shape index (κ2) is 8.07. The van der Waals surface area contributed by atoms with Gasteiger partial charge in [0.15, 0.2) is 0 Å². The fraction of sp³-hybridized carbons (Fsp3) is 0.333. The number of fused-ring (bicyclic) bond motifs is 1. The molecule has 1 fully saturated rings. The molecule has 3 unspecified atom stereocenters. The number of H-pyrrole nitrogens is 1. The minimum Gasteiger partial charge on any atom is -0.412 e. The van der Waals surface area contributed by atoms with E-state index in [0.717, 1.165) is 23.3 Å². The van der Waals surface area contributed by atoms with Gasteiger partial charge in [-0.15, -0.1) is 12.4 Å². The van der Waals surface area contributed by atoms with Crippen molar-refractivity contribution in [2.45, 2.75) is 37.8 Å². The molecular weight excluding hydrogens is 362 g/mol. The van der Waals surface area contributed by atoms with Gasteiger partial charge in [0.2, 0.25) is 0 Å². The van der Waals surface area contributed by atoms with Crippen molar-refractivity contribution >= 4 is 23.4 Å². The Labute approximate surface area is 156 Å². The van der Waals surface area contributed by atoms with Crippen molar-refractivity contribution in [3.8, 4) is 0 Å². The average molecular weight is 383 g/mol. The van der Waals surface area contributed by atoms with Crippen LogP contribution in [0.2, 0.25) is 0 Å². The molecule has 1 aliphatic heterocycles. The maximum Gasteiger partial charge on any atom is 0.132 e. The summed E-state index contributed by atoms with van der Waals surface area (Å²) in [6.45, 7) is 2.02. The fourth-order valence-electron chi connectivity index (χ4n) is 3.60. The van der Waals surface area contributed by atoms with Crippen molar-refractivity contribution in [2.24, 2.45) is 0 Å². The Kier molecular flexibility index (Phi) is 6.28. The van der Waals surface area contributed by atoms with Crippen LogP contribution in [-0.2, 0) is 0 Å². The zero-order valence-corrected chi connectivity index (χ0v) is 15.0. The molecule has 4 N–H and O–H groups in total. The highest BCUT2D eigenvalue weighted by atomic mass is 35.5. The Hall–Kier alpha value is -2.09. The first-order valence-corrected chi connectivity index (χ1v) is 8.12. The van der Waals surface area contributed by atoms with E-state index in [9.17, 15) is 8.78 Å². The predicted octanol–water partition coefficient (Wildman–Crippen LogP) is 3.43. The van der Waals surface area contributed by atoms with Gasteiger partial charge >= 0.3 is 0 Å². The molecule has 8 heteroatoms. The van der Waals surface area contributed by atoms with E-state index in [0.29, 0.717) is 6.42 Å². The van der Waals surface area contributed by atoms with Crippen molar-refractivity contribution in [3.63, 3.8) is 0 Å². The van der Waals surface area contributed by atoms with Gasteiger partial charge in [0, 0.05) is 29.8 Å². The van der Waals surface area contributed by atoms with Crippen molar-refractivity contribution in [3.05, 3.63) is 59.7 Å². The van der Waals surface area contributed by atoms with E-state index in [1.807, 2.05) is 19.2 Å². The van der Waals surface area contributed by atoms with Gasteiger partial charge in [-0.1, -0.05) is 6.07 Å². The molecule has 3 atom stereocenters. The molecule has 0 bridgehead atoms. The summed E-state index contributed by atoms with van der Waals surface area (Å²) in [5.41, 5.74) is 1.86. The molecule has 1 aliphatic rings. The van der Waals surface area contributed by atoms with E-state index >= 15 is 0 Å². The van der Waals surface area contributed by atoms with Crippen LogP contribution in [0.15, 0.2) is 36.7 Å². The number of rotatable bonds is 2. The Morgan fingerprint density at radius 2 is 1.85 bits per heavy atom. The molecule has 1 saturated heterocycles. The predicted molar refractivity (Wildman–Crippen MR) is 98.4 cm³/mol. The Bertz CT molecular complexity index is 868. The van der Waals surface area contributed by atoms with Crippen molar-refractivity contribution in [1.29, 1.82) is 0 Å². The quantitative estimate of drug-likeness (QED) is 0.712. The molecule has 0 aliphatic carbocycles. The third-order valence-corrected chi connectivity index (χ3v) is 4.67. The van der Waals surface area contributed by atoms with Crippen LogP contribution in [-0.4, -0.2) is 26.5 Å². The summed E-state index contributed by atoms with van der Waals surface area (Å²) in [6.07, 6.45) is 5.00. The standard InChI is InChI=1S/C18H18F2N4.ClH.H2O/c1-10-7-11(18-22-9-16-14(24-18)5-6-21-16)8-15(23-10)17-12(19)3-2-4-13(17)20;;/h2-6,9-11,15,21,23H,7-8H2,1H3;1H;1H2. The Morgan fingerprint density at radius 1 is 1.12 bits per heavy atom. The summed E-state index contributed by atoms with van der Waals surface area (Å²) >= 11 is 0. The van der Waals surface area contributed by atoms with Gasteiger partial charge in [-0.2, -0.15) is 0 Å². The van der Waals surface area contributed by atoms with Crippen molar-refractivity contribution < 1.29 is 14.3 Å². The second-order valence-corrected chi connectivity index (χ2v) is 6.43. The zero-order valence-electron chi connectivity index (χ0n) is 14.2. The van der Waals surface area contributed by atoms with Crippen LogP contribution in [0.1, 0.15) is 43.1 Å². The Balaban J connectivity index is 0.00000121. The lowest BCUT2D eigenvalue weighted by atomic mass is 9.84. The summed E-state index contributed by atoms with van der Waals surface area (Å²) in [5, 5.41) is 3.30. The van der Waals surface area contributed by atoms with E-state index in [4.69, 9.17) is 0 Å². The molecule has 1 aromatic carbocycles. The van der Waals surface area contributed by atoms with E-state index in [1.54, 1.807) is 6.20 Å². The number of nitrogens with zero attached hydrogens (tertiary/aromatic N) is 2. The lowest BCUT2D eigenvalue weighted by molar-refractivity contribution is 0.289. The molecule has 0 spiro atoms. The second-order valence-electron chi connectivity index (χ2n) is 6.43. The van der Waals surface area contributed by atoms with Crippen LogP contribution in [0.3, 0.4) is 0 Å². The van der Waals surface area contributed by atoms with Crippen molar-refractivity contribution in [2.75, 3.05) is 0 Å². The minimum absolute atomic E-state index is 0. The van der Waals surface area contributed by atoms with Gasteiger partial charge in [0.1, 0.15) is 17.5 Å². The molecule has 5 nitrogen and oxygen atoms in total. The molecule has 0 amide bonds. The number of piperidine rings is 1. The molecule has 3 aromatic rings. The van der Waals surface area contributed by atoms with Crippen molar-refractivity contribution in [1.82, 2.24) is 20.3 Å². The largest absolute Gasteiger partial charge is 0.412 e. The van der Waals surface area contributed by atoms with E-state index in [2.05, 4.69) is 20.3 Å². The highest BCUT2D eigenvalue weighted by Gasteiger charge is 2.32. The smallest absolute Gasteiger partial charge is 0.132 e. The number of halogens is 3. The number of hydrogen-bond acceptors (Lipinski definition) is 3. The van der Waals surface area contributed by atoms with Gasteiger partial charge in [-0.05, 0) is 38.0 Å². The Morgan fingerprint density at radius 3 is 2.58 bits per heavy atom. The highest BCUT2D eigenvalue weighted by Crippen LogP contribution is 2.37. The average Bonchev–Trinajstić information content (AvgIpc) is 3.01. The lowest BCUT2D eigenvalue weighted by Gasteiger charge is -2.34. The third kappa shape index (κ3) is 3.70. The molecule has 3 heterocycles. The van der Waals surface area contributed by atoms with Crippen LogP contribution >= 0.6 is 12.4 Å². The summed E-state index contributed by atoms with van der Waals surface area (Å²) in [5.74, 6) is -0.230. The van der Waals surface area contributed by atoms with Gasteiger partial charge in [0.05, 0.1) is 17.2 Å². The number of aromatic amines is 1. The molecule has 2 aromatic heterocycles. The number of nitrogens with one attached hydrogen (secondary N) is 2. The minimum atomic E-state index is -0.512. The van der Waals surface area contributed by atoms with Crippen LogP contribution in [0.5, 0.6) is 0 Å². The number of benzene rings is 1. The molecular formula is C18H21ClF2N4O. The van der Waals surface area contributed by atoms with Gasteiger partial charge in [-0.25, -0.2) is 18.7 Å². The van der Waals surface area contributed by atoms with Gasteiger partial charge in [0.25, 0.3) is 0 Å². The summed E-state index contributed by atoms with van der Waals surface area (Å²) in [7, 11) is 0. The van der Waals surface area contributed by atoms with Crippen LogP contribution < -0.4 is 5.32 Å². The first-order chi connectivity index (χ1) is 11.6. The summed E-state index contributed by atoms with van der Waals surface area (Å²) in [6, 6.07) is 5.64. The van der Waals surface area contributed by atoms with Crippen LogP contribution in [0, 0.1) is 11.6 Å². The molecule has 0 saturated carbocycles. The van der Waals surface area contributed by atoms with Crippen LogP contribution in [0.4, 0.5) is 8.78 Å². The summed E-state index contributed by atoms with van der Waals surface area (Å²) in [4.78, 5) is 12.1. The number of hydrogen-bond donors (Lipinski definition) is 2. The number of aromatic nitrogens is 3. The lowest BCUT2D eigenvalue weighted by Crippen LogP contribution is -2.39. The SMILES string of the molecule is CC1CC(c2ncc3[nH]ccc3n2)CC(c2c(F)cccc2F)N1.Cl.O. The van der Waals surface area contributed by atoms with E-state index in [1.165, 1.54) is 18.2 Å². The maximum atomic E-state index is 14.1. The van der Waals surface area contributed by atoms with Gasteiger partial charge < -0.3 is 15.8 Å². The topological polar surface area (TPSA) is 85.1 Å². The zero-order chi connectivity index (χ0) is 16.7. The molecule has 4 rings (SSSR count). The monoisotopic (exact) mass is 382 g/mol. The first-order valence-electron chi connectivity index (χ1n) is 8.12. The fourth-order valence-corrected chi connectivity index (χ4v) is 3.60. The summed E-state index contributed by atoms with van der Waals surface area (Å²) < 4.78 is 28.3. The normalized spacial score (nSPS) is 22.5. The van der Waals surface area contributed by atoms with E-state index in [-0.39, 0.29) is 41.4 Å². The molecule has 140 valence electrons. The maximum absolute atomic E-state index is 14.1. The molecule has 26 heavy (non-hydrogen) atoms. The van der Waals surface area contributed by atoms with Crippen LogP contribution in [0.25, 0.3) is 11.0 Å².